The van der Waals surface area contributed by atoms with E-state index in [0.29, 0.717) is 17.1 Å². The van der Waals surface area contributed by atoms with Gasteiger partial charge >= 0.3 is 12.3 Å². The topological polar surface area (TPSA) is 59.6 Å². The Balaban J connectivity index is 1.39. The molecule has 1 aliphatic rings. The van der Waals surface area contributed by atoms with Crippen molar-refractivity contribution in [1.82, 2.24) is 10.6 Å². The van der Waals surface area contributed by atoms with Gasteiger partial charge in [0.2, 0.25) is 0 Å². The van der Waals surface area contributed by atoms with Crippen LogP contribution in [0.5, 0.6) is 5.75 Å². The molecule has 0 saturated heterocycles. The lowest BCUT2D eigenvalue weighted by atomic mass is 10.1. The Kier molecular flexibility index (Phi) is 6.76. The maximum atomic E-state index is 13.8. The molecule has 1 aliphatic carbocycles. The number of hydrogen-bond acceptors (Lipinski definition) is 4. The van der Waals surface area contributed by atoms with Crippen molar-refractivity contribution in [2.75, 3.05) is 13.2 Å². The Hall–Kier alpha value is -2.88. The molecule has 2 N–H and O–H groups in total. The zero-order valence-corrected chi connectivity index (χ0v) is 16.4. The molecule has 0 heterocycles. The van der Waals surface area contributed by atoms with E-state index < -0.39 is 18.1 Å². The van der Waals surface area contributed by atoms with E-state index in [1.54, 1.807) is 6.07 Å². The summed E-state index contributed by atoms with van der Waals surface area (Å²) in [5.74, 6) is -1.33. The second kappa shape index (κ2) is 9.29. The number of carbonyl (C=O) groups excluding carboxylic acids is 1. The minimum Gasteiger partial charge on any atom is -0.460 e. The van der Waals surface area contributed by atoms with Crippen LogP contribution in [-0.2, 0) is 11.2 Å². The zero-order chi connectivity index (χ0) is 21.7. The van der Waals surface area contributed by atoms with Crippen molar-refractivity contribution < 1.29 is 31.8 Å². The van der Waals surface area contributed by atoms with Gasteiger partial charge in [-0.2, -0.15) is 0 Å². The van der Waals surface area contributed by atoms with Crippen LogP contribution < -0.4 is 15.4 Å². The molecular formula is C20H18F4N2O3S. The van der Waals surface area contributed by atoms with E-state index in [4.69, 9.17) is 17.0 Å². The highest BCUT2D eigenvalue weighted by Gasteiger charge is 2.31. The fourth-order valence-electron chi connectivity index (χ4n) is 3.15. The summed E-state index contributed by atoms with van der Waals surface area (Å²) in [6.45, 7) is 0.229. The first kappa shape index (κ1) is 21.8. The first-order valence-corrected chi connectivity index (χ1v) is 9.48. The maximum Gasteiger partial charge on any atom is 0.573 e. The van der Waals surface area contributed by atoms with E-state index in [2.05, 4.69) is 15.4 Å². The molecule has 0 saturated carbocycles. The van der Waals surface area contributed by atoms with Gasteiger partial charge in [0.1, 0.15) is 18.2 Å². The summed E-state index contributed by atoms with van der Waals surface area (Å²) in [5, 5.41) is 6.36. The van der Waals surface area contributed by atoms with Crippen LogP contribution in [0.25, 0.3) is 0 Å². The van der Waals surface area contributed by atoms with Gasteiger partial charge in [0.05, 0.1) is 18.2 Å². The van der Waals surface area contributed by atoms with Gasteiger partial charge in [-0.05, 0) is 66.5 Å². The van der Waals surface area contributed by atoms with E-state index in [9.17, 15) is 22.4 Å². The number of esters is 1. The van der Waals surface area contributed by atoms with Crippen LogP contribution in [0.4, 0.5) is 17.6 Å². The Bertz CT molecular complexity index is 919. The largest absolute Gasteiger partial charge is 0.573 e. The summed E-state index contributed by atoms with van der Waals surface area (Å²) in [6.07, 6.45) is -3.44. The molecule has 160 valence electrons. The van der Waals surface area contributed by atoms with E-state index in [1.165, 1.54) is 18.2 Å². The summed E-state index contributed by atoms with van der Waals surface area (Å²) in [6, 6.07) is 9.29. The number of nitrogens with one attached hydrogen (secondary N) is 2. The smallest absolute Gasteiger partial charge is 0.460 e. The quantitative estimate of drug-likeness (QED) is 0.305. The minimum absolute atomic E-state index is 0.00264. The van der Waals surface area contributed by atoms with Crippen LogP contribution in [0.2, 0.25) is 0 Å². The van der Waals surface area contributed by atoms with E-state index in [-0.39, 0.29) is 30.6 Å². The van der Waals surface area contributed by atoms with E-state index in [0.717, 1.165) is 24.1 Å². The molecule has 10 heteroatoms. The van der Waals surface area contributed by atoms with Gasteiger partial charge in [0, 0.05) is 0 Å². The molecule has 0 bridgehead atoms. The van der Waals surface area contributed by atoms with Crippen molar-refractivity contribution in [3.05, 3.63) is 65.0 Å². The van der Waals surface area contributed by atoms with Gasteiger partial charge in [-0.1, -0.05) is 12.1 Å². The van der Waals surface area contributed by atoms with Gasteiger partial charge in [-0.15, -0.1) is 13.2 Å². The normalized spacial score (nSPS) is 15.3. The van der Waals surface area contributed by atoms with Crippen molar-refractivity contribution in [2.24, 2.45) is 0 Å². The predicted octanol–water partition coefficient (Wildman–Crippen LogP) is 4.03. The second-order valence-corrected chi connectivity index (χ2v) is 6.92. The summed E-state index contributed by atoms with van der Waals surface area (Å²) in [5.41, 5.74) is 1.66. The lowest BCUT2D eigenvalue weighted by molar-refractivity contribution is -0.274. The van der Waals surface area contributed by atoms with Crippen molar-refractivity contribution in [3.8, 4) is 5.75 Å². The standard InChI is InChI=1S/C20H18F4N2O3S/c21-16-3-1-2-15-14(16)8-9-17(15)26-19(30)25-10-11-28-18(27)12-4-6-13(7-5-12)29-20(22,23)24/h1-7,17H,8-11H2,(H2,25,26,30). The number of halogens is 4. The number of carbonyl (C=O) groups is 1. The first-order valence-electron chi connectivity index (χ1n) is 9.07. The molecule has 0 radical (unpaired) electrons. The second-order valence-electron chi connectivity index (χ2n) is 6.51. The van der Waals surface area contributed by atoms with E-state index >= 15 is 0 Å². The molecule has 0 aliphatic heterocycles. The van der Waals surface area contributed by atoms with Crippen LogP contribution in [0.15, 0.2) is 42.5 Å². The summed E-state index contributed by atoms with van der Waals surface area (Å²) in [7, 11) is 0. The van der Waals surface area contributed by atoms with E-state index in [1.807, 2.05) is 6.07 Å². The van der Waals surface area contributed by atoms with Crippen LogP contribution in [0.1, 0.15) is 33.9 Å². The predicted molar refractivity (Wildman–Crippen MR) is 105 cm³/mol. The zero-order valence-electron chi connectivity index (χ0n) is 15.6. The highest BCUT2D eigenvalue weighted by atomic mass is 32.1. The summed E-state index contributed by atoms with van der Waals surface area (Å²) in [4.78, 5) is 11.9. The highest BCUT2D eigenvalue weighted by molar-refractivity contribution is 7.80. The molecule has 30 heavy (non-hydrogen) atoms. The van der Waals surface area contributed by atoms with Crippen molar-refractivity contribution in [2.45, 2.75) is 25.2 Å². The number of thiocarbonyl (C=S) groups is 1. The fraction of sp³-hybridized carbons (Fsp3) is 0.300. The Labute approximate surface area is 175 Å². The molecule has 0 fully saturated rings. The average Bonchev–Trinajstić information content (AvgIpc) is 3.08. The molecular weight excluding hydrogens is 424 g/mol. The third-order valence-electron chi connectivity index (χ3n) is 4.46. The third-order valence-corrected chi connectivity index (χ3v) is 4.73. The molecule has 2 aromatic rings. The van der Waals surface area contributed by atoms with Gasteiger partial charge in [-0.25, -0.2) is 9.18 Å². The number of benzene rings is 2. The molecule has 0 amide bonds. The SMILES string of the molecule is O=C(OCCNC(=S)NC1CCc2c(F)cccc21)c1ccc(OC(F)(F)F)cc1. The lowest BCUT2D eigenvalue weighted by Crippen LogP contribution is -2.38. The number of ether oxygens (including phenoxy) is 2. The molecule has 5 nitrogen and oxygen atoms in total. The fourth-order valence-corrected chi connectivity index (χ4v) is 3.40. The molecule has 3 rings (SSSR count). The molecule has 2 aromatic carbocycles. The third kappa shape index (κ3) is 5.82. The van der Waals surface area contributed by atoms with Crippen LogP contribution in [0, 0.1) is 5.82 Å². The minimum atomic E-state index is -4.80. The molecule has 1 unspecified atom stereocenters. The highest BCUT2D eigenvalue weighted by Crippen LogP contribution is 2.32. The Morgan fingerprint density at radius 1 is 1.17 bits per heavy atom. The number of hydrogen-bond donors (Lipinski definition) is 2. The number of rotatable bonds is 6. The van der Waals surface area contributed by atoms with Gasteiger partial charge < -0.3 is 20.1 Å². The molecule has 0 spiro atoms. The Morgan fingerprint density at radius 2 is 1.90 bits per heavy atom. The van der Waals surface area contributed by atoms with Crippen molar-refractivity contribution >= 4 is 23.3 Å². The first-order chi connectivity index (χ1) is 14.2. The number of alkyl halides is 3. The van der Waals surface area contributed by atoms with Crippen LogP contribution in [-0.4, -0.2) is 30.6 Å². The average molecular weight is 442 g/mol. The summed E-state index contributed by atoms with van der Waals surface area (Å²) >= 11 is 5.22. The van der Waals surface area contributed by atoms with Gasteiger partial charge in [0.25, 0.3) is 0 Å². The Morgan fingerprint density at radius 3 is 2.60 bits per heavy atom. The number of fused-ring (bicyclic) bond motifs is 1. The van der Waals surface area contributed by atoms with Gasteiger partial charge in [0.15, 0.2) is 5.11 Å². The monoisotopic (exact) mass is 442 g/mol. The molecule has 0 aromatic heterocycles. The van der Waals surface area contributed by atoms with Crippen LogP contribution in [0.3, 0.4) is 0 Å². The van der Waals surface area contributed by atoms with Crippen LogP contribution >= 0.6 is 12.2 Å². The maximum absolute atomic E-state index is 13.8. The van der Waals surface area contributed by atoms with Crippen molar-refractivity contribution in [3.63, 3.8) is 0 Å². The van der Waals surface area contributed by atoms with Crippen molar-refractivity contribution in [1.29, 1.82) is 0 Å². The lowest BCUT2D eigenvalue weighted by Gasteiger charge is -2.17. The summed E-state index contributed by atoms with van der Waals surface area (Å²) < 4.78 is 59.0. The van der Waals surface area contributed by atoms with Gasteiger partial charge in [-0.3, -0.25) is 0 Å². The molecule has 1 atom stereocenters.